The van der Waals surface area contributed by atoms with E-state index in [1.807, 2.05) is 0 Å². The van der Waals surface area contributed by atoms with Gasteiger partial charge in [-0.25, -0.2) is 4.98 Å². The zero-order chi connectivity index (χ0) is 13.4. The summed E-state index contributed by atoms with van der Waals surface area (Å²) in [5.41, 5.74) is 7.44. The standard InChI is InChI=1S/C15H26N4/c1-3-7-18-8-11(2)17-15(18)19-9-12-5-4-6-14(16)13(12)10-19/h8,12-14H,3-7,9-10,16H2,1-2H3. The van der Waals surface area contributed by atoms with Gasteiger partial charge in [0.2, 0.25) is 5.95 Å². The predicted molar refractivity (Wildman–Crippen MR) is 78.3 cm³/mol. The van der Waals surface area contributed by atoms with Crippen LogP contribution in [-0.4, -0.2) is 28.7 Å². The molecule has 0 aromatic carbocycles. The van der Waals surface area contributed by atoms with Crippen LogP contribution in [0, 0.1) is 18.8 Å². The molecule has 1 saturated carbocycles. The minimum atomic E-state index is 0.402. The predicted octanol–water partition coefficient (Wildman–Crippen LogP) is 2.17. The Kier molecular flexibility index (Phi) is 3.52. The SMILES string of the molecule is CCCn1cc(C)nc1N1CC2CCCC(N)C2C1. The lowest BCUT2D eigenvalue weighted by molar-refractivity contribution is 0.260. The molecule has 2 N–H and O–H groups in total. The van der Waals surface area contributed by atoms with Crippen molar-refractivity contribution >= 4 is 5.95 Å². The smallest absolute Gasteiger partial charge is 0.205 e. The van der Waals surface area contributed by atoms with Crippen LogP contribution in [0.4, 0.5) is 5.95 Å². The molecule has 4 heteroatoms. The van der Waals surface area contributed by atoms with Crippen molar-refractivity contribution in [2.45, 2.75) is 52.1 Å². The van der Waals surface area contributed by atoms with Crippen LogP contribution in [0.5, 0.6) is 0 Å². The lowest BCUT2D eigenvalue weighted by Crippen LogP contribution is -2.38. The van der Waals surface area contributed by atoms with Gasteiger partial charge in [-0.2, -0.15) is 0 Å². The molecular formula is C15H26N4. The first-order valence-corrected chi connectivity index (χ1v) is 7.73. The van der Waals surface area contributed by atoms with Crippen molar-refractivity contribution in [3.8, 4) is 0 Å². The molecule has 1 aliphatic heterocycles. The zero-order valence-electron chi connectivity index (χ0n) is 12.2. The fourth-order valence-electron chi connectivity index (χ4n) is 3.87. The molecule has 1 aromatic heterocycles. The summed E-state index contributed by atoms with van der Waals surface area (Å²) in [4.78, 5) is 7.22. The third-order valence-electron chi connectivity index (χ3n) is 4.78. The molecule has 0 spiro atoms. The van der Waals surface area contributed by atoms with Crippen molar-refractivity contribution in [1.29, 1.82) is 0 Å². The van der Waals surface area contributed by atoms with Crippen molar-refractivity contribution < 1.29 is 0 Å². The highest BCUT2D eigenvalue weighted by Crippen LogP contribution is 2.37. The number of fused-ring (bicyclic) bond motifs is 1. The summed E-state index contributed by atoms with van der Waals surface area (Å²) in [5, 5.41) is 0. The summed E-state index contributed by atoms with van der Waals surface area (Å²) in [6, 6.07) is 0.402. The van der Waals surface area contributed by atoms with Crippen molar-refractivity contribution in [3.63, 3.8) is 0 Å². The van der Waals surface area contributed by atoms with E-state index in [0.29, 0.717) is 12.0 Å². The maximum Gasteiger partial charge on any atom is 0.205 e. The average Bonchev–Trinajstić information content (AvgIpc) is 2.94. The second-order valence-corrected chi connectivity index (χ2v) is 6.30. The Balaban J connectivity index is 1.80. The lowest BCUT2D eigenvalue weighted by atomic mass is 9.78. The van der Waals surface area contributed by atoms with Crippen molar-refractivity contribution in [2.75, 3.05) is 18.0 Å². The van der Waals surface area contributed by atoms with Crippen molar-refractivity contribution in [1.82, 2.24) is 9.55 Å². The van der Waals surface area contributed by atoms with Gasteiger partial charge < -0.3 is 15.2 Å². The maximum absolute atomic E-state index is 6.31. The van der Waals surface area contributed by atoms with Crippen LogP contribution < -0.4 is 10.6 Å². The van der Waals surface area contributed by atoms with E-state index in [9.17, 15) is 0 Å². The van der Waals surface area contributed by atoms with Gasteiger partial charge in [0.25, 0.3) is 0 Å². The van der Waals surface area contributed by atoms with E-state index in [4.69, 9.17) is 10.7 Å². The van der Waals surface area contributed by atoms with Gasteiger partial charge in [0.1, 0.15) is 0 Å². The molecule has 2 heterocycles. The van der Waals surface area contributed by atoms with Crippen LogP contribution in [-0.2, 0) is 6.54 Å². The second kappa shape index (κ2) is 5.16. The first kappa shape index (κ1) is 13.0. The highest BCUT2D eigenvalue weighted by atomic mass is 15.3. The van der Waals surface area contributed by atoms with Gasteiger partial charge in [-0.15, -0.1) is 0 Å². The number of imidazole rings is 1. The molecule has 2 fully saturated rings. The Morgan fingerprint density at radius 2 is 2.21 bits per heavy atom. The Bertz CT molecular complexity index is 439. The highest BCUT2D eigenvalue weighted by Gasteiger charge is 2.39. The minimum absolute atomic E-state index is 0.402. The third-order valence-corrected chi connectivity index (χ3v) is 4.78. The van der Waals surface area contributed by atoms with E-state index in [1.165, 1.54) is 25.2 Å². The number of rotatable bonds is 3. The van der Waals surface area contributed by atoms with Crippen LogP contribution in [0.25, 0.3) is 0 Å². The quantitative estimate of drug-likeness (QED) is 0.908. The molecule has 0 radical (unpaired) electrons. The van der Waals surface area contributed by atoms with Gasteiger partial charge in [0.05, 0.1) is 5.69 Å². The molecule has 1 aromatic rings. The number of aryl methyl sites for hydroxylation is 2. The van der Waals surface area contributed by atoms with E-state index in [0.717, 1.165) is 37.7 Å². The molecule has 0 bridgehead atoms. The minimum Gasteiger partial charge on any atom is -0.342 e. The molecule has 3 rings (SSSR count). The fourth-order valence-corrected chi connectivity index (χ4v) is 3.87. The van der Waals surface area contributed by atoms with Gasteiger partial charge in [-0.1, -0.05) is 13.3 Å². The van der Waals surface area contributed by atoms with Gasteiger partial charge in [-0.3, -0.25) is 0 Å². The topological polar surface area (TPSA) is 47.1 Å². The largest absolute Gasteiger partial charge is 0.342 e. The molecule has 1 aliphatic carbocycles. The summed E-state index contributed by atoms with van der Waals surface area (Å²) in [6.45, 7) is 7.63. The number of hydrogen-bond acceptors (Lipinski definition) is 3. The van der Waals surface area contributed by atoms with E-state index in [-0.39, 0.29) is 0 Å². The van der Waals surface area contributed by atoms with Crippen molar-refractivity contribution in [2.24, 2.45) is 17.6 Å². The van der Waals surface area contributed by atoms with Gasteiger partial charge in [0, 0.05) is 31.9 Å². The Morgan fingerprint density at radius 3 is 2.95 bits per heavy atom. The number of hydrogen-bond donors (Lipinski definition) is 1. The summed E-state index contributed by atoms with van der Waals surface area (Å²) in [5.74, 6) is 2.64. The van der Waals surface area contributed by atoms with Crippen LogP contribution in [0.2, 0.25) is 0 Å². The van der Waals surface area contributed by atoms with Crippen LogP contribution in [0.3, 0.4) is 0 Å². The zero-order valence-corrected chi connectivity index (χ0v) is 12.2. The number of nitrogens with zero attached hydrogens (tertiary/aromatic N) is 3. The van der Waals surface area contributed by atoms with Gasteiger partial charge >= 0.3 is 0 Å². The summed E-state index contributed by atoms with van der Waals surface area (Å²) in [6.07, 6.45) is 7.20. The fraction of sp³-hybridized carbons (Fsp3) is 0.800. The molecule has 1 saturated heterocycles. The molecule has 3 atom stereocenters. The van der Waals surface area contributed by atoms with E-state index >= 15 is 0 Å². The Hall–Kier alpha value is -1.03. The Morgan fingerprint density at radius 1 is 1.37 bits per heavy atom. The normalized spacial score (nSPS) is 30.7. The first-order chi connectivity index (χ1) is 9.19. The molecule has 2 aliphatic rings. The van der Waals surface area contributed by atoms with E-state index in [1.54, 1.807) is 0 Å². The maximum atomic E-state index is 6.31. The van der Waals surface area contributed by atoms with Gasteiger partial charge in [0.15, 0.2) is 0 Å². The summed E-state index contributed by atoms with van der Waals surface area (Å²) >= 11 is 0. The summed E-state index contributed by atoms with van der Waals surface area (Å²) < 4.78 is 2.32. The summed E-state index contributed by atoms with van der Waals surface area (Å²) in [7, 11) is 0. The van der Waals surface area contributed by atoms with Crippen LogP contribution >= 0.6 is 0 Å². The van der Waals surface area contributed by atoms with Gasteiger partial charge in [-0.05, 0) is 38.0 Å². The van der Waals surface area contributed by atoms with E-state index in [2.05, 4.69) is 29.5 Å². The van der Waals surface area contributed by atoms with Crippen molar-refractivity contribution in [3.05, 3.63) is 11.9 Å². The number of aromatic nitrogens is 2. The molecule has 19 heavy (non-hydrogen) atoms. The Labute approximate surface area is 116 Å². The molecule has 4 nitrogen and oxygen atoms in total. The first-order valence-electron chi connectivity index (χ1n) is 7.73. The second-order valence-electron chi connectivity index (χ2n) is 6.30. The van der Waals surface area contributed by atoms with E-state index < -0.39 is 0 Å². The molecule has 0 amide bonds. The molecule has 3 unspecified atom stereocenters. The molecule has 106 valence electrons. The number of nitrogens with two attached hydrogens (primary N) is 1. The van der Waals surface area contributed by atoms with Crippen LogP contribution in [0.1, 0.15) is 38.3 Å². The lowest BCUT2D eigenvalue weighted by Gasteiger charge is -2.29. The highest BCUT2D eigenvalue weighted by molar-refractivity contribution is 5.36. The third kappa shape index (κ3) is 2.38. The molecular weight excluding hydrogens is 236 g/mol. The number of anilines is 1. The average molecular weight is 262 g/mol. The monoisotopic (exact) mass is 262 g/mol. The van der Waals surface area contributed by atoms with Crippen LogP contribution in [0.15, 0.2) is 6.20 Å².